The van der Waals surface area contributed by atoms with E-state index in [-0.39, 0.29) is 42.1 Å². The molecule has 0 radical (unpaired) electrons. The van der Waals surface area contributed by atoms with E-state index in [1.165, 1.54) is 10.9 Å². The second kappa shape index (κ2) is 5.95. The summed E-state index contributed by atoms with van der Waals surface area (Å²) in [4.78, 5) is 29.0. The SMILES string of the molecule is CC1(C)[C@@H]2OCC[C@H]2[C@H]1OC(=O)CCn1cnc2ccccc2c1=O. The first-order valence-electron chi connectivity index (χ1n) is 8.74. The maximum Gasteiger partial charge on any atom is 0.307 e. The Morgan fingerprint density at radius 2 is 2.20 bits per heavy atom. The number of hydrogen-bond acceptors (Lipinski definition) is 5. The van der Waals surface area contributed by atoms with Crippen molar-refractivity contribution in [2.75, 3.05) is 6.61 Å². The molecule has 2 aromatic rings. The van der Waals surface area contributed by atoms with Crippen LogP contribution in [-0.2, 0) is 20.8 Å². The minimum Gasteiger partial charge on any atom is -0.461 e. The largest absolute Gasteiger partial charge is 0.461 e. The molecule has 3 atom stereocenters. The molecule has 1 aliphatic carbocycles. The van der Waals surface area contributed by atoms with E-state index in [1.807, 2.05) is 12.1 Å². The third kappa shape index (κ3) is 2.65. The smallest absolute Gasteiger partial charge is 0.307 e. The first-order valence-corrected chi connectivity index (χ1v) is 8.74. The van der Waals surface area contributed by atoms with Gasteiger partial charge >= 0.3 is 5.97 Å². The maximum atomic E-state index is 12.4. The van der Waals surface area contributed by atoms with Gasteiger partial charge in [0.25, 0.3) is 5.56 Å². The molecule has 1 saturated carbocycles. The molecular weight excluding hydrogens is 320 g/mol. The number of rotatable bonds is 4. The summed E-state index contributed by atoms with van der Waals surface area (Å²) in [5.74, 6) is 0.0347. The minimum atomic E-state index is -0.275. The molecule has 1 aliphatic heterocycles. The lowest BCUT2D eigenvalue weighted by molar-refractivity contribution is -0.210. The van der Waals surface area contributed by atoms with E-state index in [9.17, 15) is 9.59 Å². The highest BCUT2D eigenvalue weighted by molar-refractivity contribution is 5.77. The Balaban J connectivity index is 1.41. The lowest BCUT2D eigenvalue weighted by Crippen LogP contribution is -2.61. The highest BCUT2D eigenvalue weighted by atomic mass is 16.6. The Labute approximate surface area is 145 Å². The molecule has 25 heavy (non-hydrogen) atoms. The zero-order chi connectivity index (χ0) is 17.6. The number of aryl methyl sites for hydroxylation is 1. The van der Waals surface area contributed by atoms with Crippen molar-refractivity contribution >= 4 is 16.9 Å². The first-order chi connectivity index (χ1) is 12.0. The molecule has 1 saturated heterocycles. The fourth-order valence-electron chi connectivity index (χ4n) is 4.19. The van der Waals surface area contributed by atoms with Gasteiger partial charge in [-0.05, 0) is 18.6 Å². The van der Waals surface area contributed by atoms with E-state index in [4.69, 9.17) is 9.47 Å². The predicted octanol–water partition coefficient (Wildman–Crippen LogP) is 2.14. The van der Waals surface area contributed by atoms with Gasteiger partial charge in [-0.3, -0.25) is 14.2 Å². The lowest BCUT2D eigenvalue weighted by Gasteiger charge is -2.53. The first kappa shape index (κ1) is 16.3. The molecule has 0 spiro atoms. The number of hydrogen-bond donors (Lipinski definition) is 0. The normalized spacial score (nSPS) is 26.9. The number of ether oxygens (including phenoxy) is 2. The zero-order valence-electron chi connectivity index (χ0n) is 14.5. The van der Waals surface area contributed by atoms with E-state index in [2.05, 4.69) is 18.8 Å². The number of nitrogens with zero attached hydrogens (tertiary/aromatic N) is 2. The maximum absolute atomic E-state index is 12.4. The summed E-state index contributed by atoms with van der Waals surface area (Å²) in [6.07, 6.45) is 2.69. The van der Waals surface area contributed by atoms with Gasteiger partial charge in [0, 0.05) is 24.5 Å². The molecule has 1 aromatic carbocycles. The van der Waals surface area contributed by atoms with Crippen LogP contribution in [-0.4, -0.2) is 34.3 Å². The summed E-state index contributed by atoms with van der Waals surface area (Å²) < 4.78 is 12.9. The van der Waals surface area contributed by atoms with E-state index < -0.39 is 0 Å². The summed E-state index contributed by atoms with van der Waals surface area (Å²) in [6, 6.07) is 7.20. The van der Waals surface area contributed by atoms with Crippen molar-refractivity contribution in [1.82, 2.24) is 9.55 Å². The van der Waals surface area contributed by atoms with E-state index in [1.54, 1.807) is 12.1 Å². The van der Waals surface area contributed by atoms with Crippen LogP contribution in [0.5, 0.6) is 0 Å². The average Bonchev–Trinajstić information content (AvgIpc) is 3.06. The molecule has 6 heteroatoms. The lowest BCUT2D eigenvalue weighted by atomic mass is 9.59. The summed E-state index contributed by atoms with van der Waals surface area (Å²) >= 11 is 0. The molecule has 0 unspecified atom stereocenters. The van der Waals surface area contributed by atoms with Gasteiger partial charge in [-0.2, -0.15) is 0 Å². The van der Waals surface area contributed by atoms with Crippen LogP contribution in [0.2, 0.25) is 0 Å². The van der Waals surface area contributed by atoms with Gasteiger partial charge in [0.05, 0.1) is 29.8 Å². The summed E-state index contributed by atoms with van der Waals surface area (Å²) in [5, 5.41) is 0.560. The quantitative estimate of drug-likeness (QED) is 0.796. The predicted molar refractivity (Wildman–Crippen MR) is 92.1 cm³/mol. The molecule has 2 aliphatic rings. The van der Waals surface area contributed by atoms with Crippen molar-refractivity contribution in [2.45, 2.75) is 45.4 Å². The van der Waals surface area contributed by atoms with Crippen molar-refractivity contribution in [1.29, 1.82) is 0 Å². The molecule has 2 heterocycles. The minimum absolute atomic E-state index is 0.0982. The molecule has 0 N–H and O–H groups in total. The van der Waals surface area contributed by atoms with E-state index >= 15 is 0 Å². The van der Waals surface area contributed by atoms with E-state index in [0.29, 0.717) is 16.8 Å². The Hall–Kier alpha value is -2.21. The fraction of sp³-hybridized carbons (Fsp3) is 0.526. The highest BCUT2D eigenvalue weighted by Crippen LogP contribution is 2.53. The second-order valence-electron chi connectivity index (χ2n) is 7.49. The second-order valence-corrected chi connectivity index (χ2v) is 7.49. The van der Waals surface area contributed by atoms with Crippen molar-refractivity contribution in [2.24, 2.45) is 11.3 Å². The van der Waals surface area contributed by atoms with Crippen molar-refractivity contribution in [3.05, 3.63) is 40.9 Å². The van der Waals surface area contributed by atoms with Gasteiger partial charge < -0.3 is 9.47 Å². The molecular formula is C19H22N2O4. The van der Waals surface area contributed by atoms with Gasteiger partial charge in [-0.1, -0.05) is 26.0 Å². The molecule has 4 rings (SSSR count). The van der Waals surface area contributed by atoms with Gasteiger partial charge in [-0.15, -0.1) is 0 Å². The highest BCUT2D eigenvalue weighted by Gasteiger charge is 2.61. The number of carbonyl (C=O) groups excluding carboxylic acids is 1. The molecule has 0 bridgehead atoms. The van der Waals surface area contributed by atoms with Crippen LogP contribution >= 0.6 is 0 Å². The van der Waals surface area contributed by atoms with Crippen molar-refractivity contribution in [3.63, 3.8) is 0 Å². The molecule has 6 nitrogen and oxygen atoms in total. The number of esters is 1. The number of fused-ring (bicyclic) bond motifs is 2. The van der Waals surface area contributed by atoms with Crippen LogP contribution < -0.4 is 5.56 Å². The van der Waals surface area contributed by atoms with Gasteiger partial charge in [-0.25, -0.2) is 4.98 Å². The average molecular weight is 342 g/mol. The number of para-hydroxylation sites is 1. The van der Waals surface area contributed by atoms with Crippen LogP contribution in [0.1, 0.15) is 26.7 Å². The third-order valence-corrected chi connectivity index (χ3v) is 5.54. The summed E-state index contributed by atoms with van der Waals surface area (Å²) in [6.45, 7) is 5.17. The molecule has 1 aromatic heterocycles. The van der Waals surface area contributed by atoms with Crippen LogP contribution in [0, 0.1) is 11.3 Å². The van der Waals surface area contributed by atoms with Crippen molar-refractivity contribution < 1.29 is 14.3 Å². The molecule has 132 valence electrons. The zero-order valence-corrected chi connectivity index (χ0v) is 14.5. The standard InChI is InChI=1S/C19H22N2O4/c1-19(2)16-13(8-10-24-16)17(19)25-15(22)7-9-21-11-20-14-6-4-3-5-12(14)18(21)23/h3-6,11,13,16-17H,7-10H2,1-2H3/t13-,16-,17-/m1/s1. The van der Waals surface area contributed by atoms with Crippen LogP contribution in [0.25, 0.3) is 10.9 Å². The van der Waals surface area contributed by atoms with Gasteiger partial charge in [0.2, 0.25) is 0 Å². The third-order valence-electron chi connectivity index (χ3n) is 5.54. The molecule has 0 amide bonds. The van der Waals surface area contributed by atoms with Crippen LogP contribution in [0.4, 0.5) is 0 Å². The Morgan fingerprint density at radius 3 is 3.04 bits per heavy atom. The summed E-state index contributed by atoms with van der Waals surface area (Å²) in [7, 11) is 0. The van der Waals surface area contributed by atoms with Gasteiger partial charge in [0.1, 0.15) is 6.10 Å². The van der Waals surface area contributed by atoms with Gasteiger partial charge in [0.15, 0.2) is 0 Å². The molecule has 2 fully saturated rings. The Morgan fingerprint density at radius 1 is 1.40 bits per heavy atom. The van der Waals surface area contributed by atoms with Crippen LogP contribution in [0.3, 0.4) is 0 Å². The topological polar surface area (TPSA) is 70.4 Å². The Kier molecular flexibility index (Phi) is 3.87. The Bertz CT molecular complexity index is 873. The number of aromatic nitrogens is 2. The number of carbonyl (C=O) groups is 1. The number of benzene rings is 1. The van der Waals surface area contributed by atoms with Crippen molar-refractivity contribution in [3.8, 4) is 0 Å². The fourth-order valence-corrected chi connectivity index (χ4v) is 4.19. The van der Waals surface area contributed by atoms with Crippen LogP contribution in [0.15, 0.2) is 35.4 Å². The van der Waals surface area contributed by atoms with E-state index in [0.717, 1.165) is 13.0 Å². The monoisotopic (exact) mass is 342 g/mol. The summed E-state index contributed by atoms with van der Waals surface area (Å²) in [5.41, 5.74) is 0.388.